The van der Waals surface area contributed by atoms with Crippen molar-refractivity contribution in [1.82, 2.24) is 30.0 Å². The fourth-order valence-corrected chi connectivity index (χ4v) is 2.84. The van der Waals surface area contributed by atoms with E-state index in [2.05, 4.69) is 20.8 Å². The normalized spacial score (nSPS) is 10.7. The van der Waals surface area contributed by atoms with Gasteiger partial charge in [-0.05, 0) is 18.2 Å². The zero-order valence-corrected chi connectivity index (χ0v) is 14.5. The van der Waals surface area contributed by atoms with E-state index in [-0.39, 0.29) is 5.91 Å². The first-order valence-corrected chi connectivity index (χ1v) is 8.22. The molecule has 3 heterocycles. The summed E-state index contributed by atoms with van der Waals surface area (Å²) in [4.78, 5) is 32.9. The van der Waals surface area contributed by atoms with Crippen molar-refractivity contribution in [3.8, 4) is 5.82 Å². The van der Waals surface area contributed by atoms with Crippen molar-refractivity contribution in [2.75, 3.05) is 0 Å². The molecule has 0 fully saturated rings. The van der Waals surface area contributed by atoms with Crippen LogP contribution in [-0.4, -0.2) is 30.9 Å². The van der Waals surface area contributed by atoms with E-state index in [9.17, 15) is 9.59 Å². The maximum absolute atomic E-state index is 12.5. The van der Waals surface area contributed by atoms with Crippen LogP contribution in [0.3, 0.4) is 0 Å². The molecular weight excluding hydrogens is 344 g/mol. The summed E-state index contributed by atoms with van der Waals surface area (Å²) in [6, 6.07) is 10.9. The van der Waals surface area contributed by atoms with E-state index >= 15 is 0 Å². The van der Waals surface area contributed by atoms with Crippen LogP contribution in [0.4, 0.5) is 0 Å². The molecule has 0 aliphatic rings. The Morgan fingerprint density at radius 2 is 1.85 bits per heavy atom. The summed E-state index contributed by atoms with van der Waals surface area (Å²) >= 11 is 0. The first-order chi connectivity index (χ1) is 13.1. The number of benzene rings is 1. The lowest BCUT2D eigenvalue weighted by Crippen LogP contribution is -2.41. The van der Waals surface area contributed by atoms with Gasteiger partial charge in [0.1, 0.15) is 12.1 Å². The molecule has 0 atom stereocenters. The number of amides is 2. The number of hydrogen-bond acceptors (Lipinski definition) is 4. The number of aryl methyl sites for hydroxylation is 1. The van der Waals surface area contributed by atoms with Crippen molar-refractivity contribution in [2.24, 2.45) is 7.05 Å². The molecule has 0 aliphatic heterocycles. The molecule has 0 saturated heterocycles. The maximum atomic E-state index is 12.5. The number of aromatic nitrogens is 4. The molecule has 2 N–H and O–H groups in total. The van der Waals surface area contributed by atoms with Gasteiger partial charge in [-0.25, -0.2) is 9.97 Å². The molecule has 0 radical (unpaired) electrons. The molecule has 0 unspecified atom stereocenters. The third-order valence-corrected chi connectivity index (χ3v) is 4.21. The van der Waals surface area contributed by atoms with Crippen molar-refractivity contribution in [2.45, 2.75) is 0 Å². The fraction of sp³-hybridized carbons (Fsp3) is 0.0526. The number of hydrazine groups is 1. The van der Waals surface area contributed by atoms with Crippen molar-refractivity contribution >= 4 is 22.7 Å². The van der Waals surface area contributed by atoms with Gasteiger partial charge in [0.15, 0.2) is 0 Å². The lowest BCUT2D eigenvalue weighted by Gasteiger charge is -2.07. The van der Waals surface area contributed by atoms with Crippen LogP contribution in [0.25, 0.3) is 16.7 Å². The summed E-state index contributed by atoms with van der Waals surface area (Å²) in [6.45, 7) is 0. The minimum Gasteiger partial charge on any atom is -0.350 e. The van der Waals surface area contributed by atoms with Crippen LogP contribution < -0.4 is 10.9 Å². The van der Waals surface area contributed by atoms with E-state index in [1.165, 1.54) is 6.20 Å². The molecule has 4 rings (SSSR count). The Hall–Kier alpha value is -3.94. The zero-order chi connectivity index (χ0) is 18.8. The van der Waals surface area contributed by atoms with E-state index in [1.54, 1.807) is 41.6 Å². The minimum absolute atomic E-state index is 0.331. The average molecular weight is 360 g/mol. The van der Waals surface area contributed by atoms with E-state index in [1.807, 2.05) is 35.9 Å². The molecule has 8 nitrogen and oxygen atoms in total. The maximum Gasteiger partial charge on any atom is 0.271 e. The van der Waals surface area contributed by atoms with Gasteiger partial charge >= 0.3 is 0 Å². The summed E-state index contributed by atoms with van der Waals surface area (Å²) in [7, 11) is 1.87. The summed E-state index contributed by atoms with van der Waals surface area (Å²) in [5, 5.41) is 0.818. The molecule has 4 aromatic rings. The van der Waals surface area contributed by atoms with Gasteiger partial charge in [0.2, 0.25) is 0 Å². The number of nitrogens with one attached hydrogen (secondary N) is 2. The first kappa shape index (κ1) is 16.5. The van der Waals surface area contributed by atoms with Crippen molar-refractivity contribution in [3.05, 3.63) is 78.6 Å². The highest BCUT2D eigenvalue weighted by atomic mass is 16.2. The summed E-state index contributed by atoms with van der Waals surface area (Å²) < 4.78 is 3.59. The Labute approximate surface area is 154 Å². The lowest BCUT2D eigenvalue weighted by molar-refractivity contribution is 0.0847. The third kappa shape index (κ3) is 3.15. The second-order valence-corrected chi connectivity index (χ2v) is 5.95. The number of rotatable bonds is 3. The Balaban J connectivity index is 1.45. The van der Waals surface area contributed by atoms with Gasteiger partial charge in [0, 0.05) is 42.7 Å². The summed E-state index contributed by atoms with van der Waals surface area (Å²) in [5.41, 5.74) is 6.63. The number of hydrogen-bond donors (Lipinski definition) is 2. The topological polar surface area (TPSA) is 93.8 Å². The monoisotopic (exact) mass is 360 g/mol. The molecular formula is C19H16N6O2. The number of fused-ring (bicyclic) bond motifs is 1. The lowest BCUT2D eigenvalue weighted by atomic mass is 10.2. The molecule has 3 aromatic heterocycles. The predicted octanol–water partition coefficient (Wildman–Crippen LogP) is 1.83. The predicted molar refractivity (Wildman–Crippen MR) is 99.2 cm³/mol. The largest absolute Gasteiger partial charge is 0.350 e. The standard InChI is InChI=1S/C19H16N6O2/c1-24-11-15(14-4-2-3-5-16(14)24)19(27)23-22-18(26)13-6-7-17(21-10-13)25-9-8-20-12-25/h2-12H,1H3,(H,22,26)(H,23,27). The van der Waals surface area contributed by atoms with Crippen LogP contribution >= 0.6 is 0 Å². The van der Waals surface area contributed by atoms with Crippen molar-refractivity contribution < 1.29 is 9.59 Å². The summed E-state index contributed by atoms with van der Waals surface area (Å²) in [6.07, 6.45) is 8.19. The highest BCUT2D eigenvalue weighted by molar-refractivity contribution is 6.07. The molecule has 27 heavy (non-hydrogen) atoms. The number of para-hydroxylation sites is 1. The molecule has 8 heteroatoms. The van der Waals surface area contributed by atoms with E-state index in [0.29, 0.717) is 16.9 Å². The zero-order valence-electron chi connectivity index (χ0n) is 14.5. The van der Waals surface area contributed by atoms with Crippen LogP contribution in [0.2, 0.25) is 0 Å². The number of carbonyl (C=O) groups excluding carboxylic acids is 2. The number of carbonyl (C=O) groups is 2. The molecule has 0 aliphatic carbocycles. The third-order valence-electron chi connectivity index (χ3n) is 4.21. The van der Waals surface area contributed by atoms with Crippen LogP contribution in [-0.2, 0) is 7.05 Å². The molecule has 0 spiro atoms. The van der Waals surface area contributed by atoms with Gasteiger partial charge < -0.3 is 4.57 Å². The summed E-state index contributed by atoms with van der Waals surface area (Å²) in [5.74, 6) is -0.194. The fourth-order valence-electron chi connectivity index (χ4n) is 2.84. The number of nitrogens with zero attached hydrogens (tertiary/aromatic N) is 4. The van der Waals surface area contributed by atoms with Crippen molar-refractivity contribution in [1.29, 1.82) is 0 Å². The van der Waals surface area contributed by atoms with E-state index in [0.717, 1.165) is 10.9 Å². The van der Waals surface area contributed by atoms with Crippen LogP contribution in [0, 0.1) is 0 Å². The Morgan fingerprint density at radius 1 is 1.04 bits per heavy atom. The molecule has 2 amide bonds. The number of imidazole rings is 1. The van der Waals surface area contributed by atoms with E-state index in [4.69, 9.17) is 0 Å². The highest BCUT2D eigenvalue weighted by Crippen LogP contribution is 2.19. The van der Waals surface area contributed by atoms with E-state index < -0.39 is 5.91 Å². The minimum atomic E-state index is -0.451. The molecule has 1 aromatic carbocycles. The Morgan fingerprint density at radius 3 is 2.59 bits per heavy atom. The Kier molecular flexibility index (Phi) is 4.13. The second-order valence-electron chi connectivity index (χ2n) is 5.95. The Bertz CT molecular complexity index is 1110. The molecule has 0 bridgehead atoms. The average Bonchev–Trinajstić information content (AvgIpc) is 3.35. The SMILES string of the molecule is Cn1cc(C(=O)NNC(=O)c2ccc(-n3ccnc3)nc2)c2ccccc21. The van der Waals surface area contributed by atoms with Crippen LogP contribution in [0.15, 0.2) is 67.5 Å². The number of pyridine rings is 1. The van der Waals surface area contributed by atoms with Gasteiger partial charge in [-0.1, -0.05) is 18.2 Å². The smallest absolute Gasteiger partial charge is 0.271 e. The quantitative estimate of drug-likeness (QED) is 0.545. The van der Waals surface area contributed by atoms with Crippen molar-refractivity contribution in [3.63, 3.8) is 0 Å². The van der Waals surface area contributed by atoms with Gasteiger partial charge in [-0.2, -0.15) is 0 Å². The second kappa shape index (κ2) is 6.75. The van der Waals surface area contributed by atoms with Crippen LogP contribution in [0.5, 0.6) is 0 Å². The van der Waals surface area contributed by atoms with Gasteiger partial charge in [0.05, 0.1) is 11.1 Å². The van der Waals surface area contributed by atoms with Gasteiger partial charge in [-0.3, -0.25) is 25.0 Å². The van der Waals surface area contributed by atoms with Gasteiger partial charge in [-0.15, -0.1) is 0 Å². The first-order valence-electron chi connectivity index (χ1n) is 8.22. The van der Waals surface area contributed by atoms with Crippen LogP contribution in [0.1, 0.15) is 20.7 Å². The molecule has 0 saturated carbocycles. The highest BCUT2D eigenvalue weighted by Gasteiger charge is 2.15. The molecule has 134 valence electrons. The van der Waals surface area contributed by atoms with Gasteiger partial charge in [0.25, 0.3) is 11.8 Å².